The zero-order chi connectivity index (χ0) is 13.1. The van der Waals surface area contributed by atoms with Crippen molar-refractivity contribution in [2.24, 2.45) is 0 Å². The van der Waals surface area contributed by atoms with Crippen LogP contribution in [-0.2, 0) is 0 Å². The number of amides is 1. The highest BCUT2D eigenvalue weighted by Gasteiger charge is 2.19. The van der Waals surface area contributed by atoms with Crippen molar-refractivity contribution in [2.45, 2.75) is 45.1 Å². The van der Waals surface area contributed by atoms with E-state index < -0.39 is 0 Å². The third kappa shape index (κ3) is 3.10. The van der Waals surface area contributed by atoms with E-state index in [0.29, 0.717) is 15.6 Å². The van der Waals surface area contributed by atoms with Gasteiger partial charge in [-0.15, -0.1) is 0 Å². The first-order chi connectivity index (χ1) is 8.58. The Labute approximate surface area is 115 Å². The summed E-state index contributed by atoms with van der Waals surface area (Å²) in [7, 11) is 0. The van der Waals surface area contributed by atoms with Gasteiger partial charge < -0.3 is 5.32 Å². The molecule has 0 heterocycles. The first kappa shape index (κ1) is 13.5. The van der Waals surface area contributed by atoms with Crippen LogP contribution in [0.1, 0.15) is 48.0 Å². The normalized spacial score (nSPS) is 16.6. The molecule has 1 N–H and O–H groups in total. The third-order valence-corrected chi connectivity index (χ3v) is 4.09. The van der Waals surface area contributed by atoms with Gasteiger partial charge >= 0.3 is 0 Å². The second-order valence-electron chi connectivity index (χ2n) is 4.89. The van der Waals surface area contributed by atoms with E-state index in [1.807, 2.05) is 0 Å². The van der Waals surface area contributed by atoms with Gasteiger partial charge in [0.25, 0.3) is 5.91 Å². The molecular weight excluding hydrogens is 297 g/mol. The minimum Gasteiger partial charge on any atom is -0.349 e. The second-order valence-corrected chi connectivity index (χ2v) is 5.74. The van der Waals surface area contributed by atoms with Crippen LogP contribution in [-0.4, -0.2) is 11.9 Å². The maximum absolute atomic E-state index is 13.5. The highest BCUT2D eigenvalue weighted by molar-refractivity contribution is 9.10. The van der Waals surface area contributed by atoms with Crippen LogP contribution in [0.4, 0.5) is 4.39 Å². The van der Waals surface area contributed by atoms with E-state index in [1.54, 1.807) is 13.0 Å². The van der Waals surface area contributed by atoms with Gasteiger partial charge in [-0.1, -0.05) is 19.3 Å². The lowest BCUT2D eigenvalue weighted by Gasteiger charge is -2.23. The fourth-order valence-electron chi connectivity index (χ4n) is 2.33. The van der Waals surface area contributed by atoms with Gasteiger partial charge in [0.15, 0.2) is 0 Å². The van der Waals surface area contributed by atoms with Crippen molar-refractivity contribution in [3.63, 3.8) is 0 Å². The van der Waals surface area contributed by atoms with Crippen molar-refractivity contribution in [3.8, 4) is 0 Å². The molecule has 0 unspecified atom stereocenters. The lowest BCUT2D eigenvalue weighted by molar-refractivity contribution is 0.0926. The third-order valence-electron chi connectivity index (χ3n) is 3.43. The Morgan fingerprint density at radius 1 is 1.33 bits per heavy atom. The van der Waals surface area contributed by atoms with Gasteiger partial charge in [0, 0.05) is 10.5 Å². The molecule has 1 aliphatic rings. The van der Waals surface area contributed by atoms with E-state index >= 15 is 0 Å². The molecule has 0 bridgehead atoms. The van der Waals surface area contributed by atoms with Crippen LogP contribution in [0.15, 0.2) is 16.6 Å². The Balaban J connectivity index is 2.10. The Bertz CT molecular complexity index is 455. The molecule has 0 saturated heterocycles. The van der Waals surface area contributed by atoms with E-state index in [-0.39, 0.29) is 17.8 Å². The van der Waals surface area contributed by atoms with Gasteiger partial charge in [0.1, 0.15) is 5.82 Å². The van der Waals surface area contributed by atoms with E-state index in [4.69, 9.17) is 0 Å². The van der Waals surface area contributed by atoms with Gasteiger partial charge in [-0.2, -0.15) is 0 Å². The predicted octanol–water partition coefficient (Wildman–Crippen LogP) is 3.96. The second kappa shape index (κ2) is 5.83. The molecule has 1 amide bonds. The summed E-state index contributed by atoms with van der Waals surface area (Å²) in [6.07, 6.45) is 5.62. The molecule has 1 fully saturated rings. The van der Waals surface area contributed by atoms with Crippen molar-refractivity contribution >= 4 is 21.8 Å². The fourth-order valence-corrected chi connectivity index (χ4v) is 2.97. The maximum atomic E-state index is 13.5. The van der Waals surface area contributed by atoms with Gasteiger partial charge in [0.2, 0.25) is 0 Å². The Morgan fingerprint density at radius 3 is 2.67 bits per heavy atom. The van der Waals surface area contributed by atoms with E-state index in [9.17, 15) is 9.18 Å². The molecule has 0 aliphatic heterocycles. The van der Waals surface area contributed by atoms with Crippen LogP contribution in [0.3, 0.4) is 0 Å². The minimum absolute atomic E-state index is 0.187. The first-order valence-corrected chi connectivity index (χ1v) is 7.13. The van der Waals surface area contributed by atoms with Crippen molar-refractivity contribution in [3.05, 3.63) is 33.5 Å². The molecule has 2 rings (SSSR count). The molecule has 0 aromatic heterocycles. The van der Waals surface area contributed by atoms with Gasteiger partial charge in [-0.25, -0.2) is 4.39 Å². The largest absolute Gasteiger partial charge is 0.349 e. The summed E-state index contributed by atoms with van der Waals surface area (Å²) >= 11 is 3.32. The topological polar surface area (TPSA) is 29.1 Å². The van der Waals surface area contributed by atoms with Gasteiger partial charge in [-0.05, 0) is 53.4 Å². The van der Waals surface area contributed by atoms with Crippen LogP contribution in [0.25, 0.3) is 0 Å². The summed E-state index contributed by atoms with van der Waals surface area (Å²) in [5, 5.41) is 2.99. The smallest absolute Gasteiger partial charge is 0.252 e. The average Bonchev–Trinajstić information content (AvgIpc) is 2.35. The molecule has 1 saturated carbocycles. The summed E-state index contributed by atoms with van der Waals surface area (Å²) in [5.74, 6) is -0.528. The minimum atomic E-state index is -0.341. The zero-order valence-corrected chi connectivity index (χ0v) is 12.0. The summed E-state index contributed by atoms with van der Waals surface area (Å²) < 4.78 is 14.1. The molecule has 1 aliphatic carbocycles. The van der Waals surface area contributed by atoms with Gasteiger partial charge in [0.05, 0.1) is 5.56 Å². The van der Waals surface area contributed by atoms with Crippen LogP contribution < -0.4 is 5.32 Å². The van der Waals surface area contributed by atoms with Crippen molar-refractivity contribution in [1.82, 2.24) is 5.32 Å². The number of rotatable bonds is 2. The van der Waals surface area contributed by atoms with E-state index in [0.717, 1.165) is 25.7 Å². The number of carbonyl (C=O) groups excluding carboxylic acids is 1. The lowest BCUT2D eigenvalue weighted by atomic mass is 9.95. The summed E-state index contributed by atoms with van der Waals surface area (Å²) in [6, 6.07) is 3.19. The highest BCUT2D eigenvalue weighted by atomic mass is 79.9. The monoisotopic (exact) mass is 313 g/mol. The number of hydrogen-bond donors (Lipinski definition) is 1. The average molecular weight is 314 g/mol. The number of benzene rings is 1. The Kier molecular flexibility index (Phi) is 4.38. The molecule has 2 nitrogen and oxygen atoms in total. The molecule has 0 spiro atoms. The summed E-state index contributed by atoms with van der Waals surface area (Å²) in [5.41, 5.74) is 0.916. The van der Waals surface area contributed by atoms with Crippen LogP contribution in [0, 0.1) is 12.7 Å². The van der Waals surface area contributed by atoms with Crippen LogP contribution >= 0.6 is 15.9 Å². The SMILES string of the molecule is Cc1cc(Br)c(C(=O)NC2CCCCC2)cc1F. The number of hydrogen-bond acceptors (Lipinski definition) is 1. The fraction of sp³-hybridized carbons (Fsp3) is 0.500. The molecule has 4 heteroatoms. The number of halogens is 2. The zero-order valence-electron chi connectivity index (χ0n) is 10.4. The Hall–Kier alpha value is -0.900. The number of aryl methyl sites for hydroxylation is 1. The molecule has 98 valence electrons. The van der Waals surface area contributed by atoms with Gasteiger partial charge in [-0.3, -0.25) is 4.79 Å². The van der Waals surface area contributed by atoms with Crippen LogP contribution in [0.5, 0.6) is 0 Å². The standard InChI is InChI=1S/C14H17BrFNO/c1-9-7-12(15)11(8-13(9)16)14(18)17-10-5-3-2-4-6-10/h7-8,10H,2-6H2,1H3,(H,17,18). The summed E-state index contributed by atoms with van der Waals surface area (Å²) in [6.45, 7) is 1.68. The maximum Gasteiger partial charge on any atom is 0.252 e. The van der Waals surface area contributed by atoms with Crippen molar-refractivity contribution in [1.29, 1.82) is 0 Å². The number of nitrogens with one attached hydrogen (secondary N) is 1. The van der Waals surface area contributed by atoms with Crippen molar-refractivity contribution in [2.75, 3.05) is 0 Å². The molecule has 0 atom stereocenters. The molecule has 1 aromatic carbocycles. The Morgan fingerprint density at radius 2 is 2.00 bits per heavy atom. The van der Waals surface area contributed by atoms with Crippen LogP contribution in [0.2, 0.25) is 0 Å². The lowest BCUT2D eigenvalue weighted by Crippen LogP contribution is -2.36. The summed E-state index contributed by atoms with van der Waals surface area (Å²) in [4.78, 5) is 12.1. The molecule has 0 radical (unpaired) electrons. The van der Waals surface area contributed by atoms with E-state index in [2.05, 4.69) is 21.2 Å². The van der Waals surface area contributed by atoms with E-state index in [1.165, 1.54) is 12.5 Å². The van der Waals surface area contributed by atoms with Crippen molar-refractivity contribution < 1.29 is 9.18 Å². The first-order valence-electron chi connectivity index (χ1n) is 6.34. The quantitative estimate of drug-likeness (QED) is 0.879. The highest BCUT2D eigenvalue weighted by Crippen LogP contribution is 2.22. The molecule has 1 aromatic rings. The predicted molar refractivity (Wildman–Crippen MR) is 73.2 cm³/mol. The molecular formula is C14H17BrFNO. The number of carbonyl (C=O) groups is 1. The molecule has 18 heavy (non-hydrogen) atoms.